The lowest BCUT2D eigenvalue weighted by Gasteiger charge is -2.19. The molecule has 0 aliphatic heterocycles. The summed E-state index contributed by atoms with van der Waals surface area (Å²) in [5.41, 5.74) is 4.47. The molecule has 0 spiro atoms. The van der Waals surface area contributed by atoms with Crippen molar-refractivity contribution in [2.24, 2.45) is 0 Å². The molecule has 1 heterocycles. The van der Waals surface area contributed by atoms with Crippen molar-refractivity contribution < 1.29 is 24.2 Å². The largest absolute Gasteiger partial charge is 0.481 e. The molecule has 0 atom stereocenters. The number of aromatic nitrogens is 3. The Hall–Kier alpha value is -4.21. The highest BCUT2D eigenvalue weighted by molar-refractivity contribution is 5.92. The van der Waals surface area contributed by atoms with Crippen LogP contribution in [-0.2, 0) is 9.53 Å². The van der Waals surface area contributed by atoms with Gasteiger partial charge in [-0.2, -0.15) is 4.98 Å². The Bertz CT molecular complexity index is 1210. The number of aliphatic carboxylic acids is 1. The van der Waals surface area contributed by atoms with Gasteiger partial charge in [0.1, 0.15) is 6.61 Å². The molecule has 2 aromatic carbocycles. The molecule has 2 aliphatic rings. The van der Waals surface area contributed by atoms with Gasteiger partial charge >= 0.3 is 12.1 Å². The second-order valence-electron chi connectivity index (χ2n) is 8.33. The highest BCUT2D eigenvalue weighted by Crippen LogP contribution is 2.44. The van der Waals surface area contributed by atoms with Crippen LogP contribution >= 0.6 is 0 Å². The SMILES string of the molecule is O=C(O)CCN(C(=O)c1nc(NC(=O)OCC2c3ccccc3-c3ccccc32)n[nH]1)C1CC1. The summed E-state index contributed by atoms with van der Waals surface area (Å²) in [6.07, 6.45) is 0.764. The van der Waals surface area contributed by atoms with Crippen LogP contribution in [0.15, 0.2) is 48.5 Å². The molecule has 0 bridgehead atoms. The van der Waals surface area contributed by atoms with E-state index < -0.39 is 18.0 Å². The quantitative estimate of drug-likeness (QED) is 0.468. The molecule has 174 valence electrons. The van der Waals surface area contributed by atoms with Gasteiger partial charge in [-0.25, -0.2) is 4.79 Å². The molecule has 0 radical (unpaired) electrons. The minimum Gasteiger partial charge on any atom is -0.481 e. The second kappa shape index (κ2) is 8.97. The zero-order valence-corrected chi connectivity index (χ0v) is 18.2. The molecule has 0 unspecified atom stereocenters. The van der Waals surface area contributed by atoms with Gasteiger partial charge in [-0.15, -0.1) is 5.10 Å². The van der Waals surface area contributed by atoms with Crippen molar-refractivity contribution in [2.75, 3.05) is 18.5 Å². The molecule has 1 saturated carbocycles. The fourth-order valence-corrected chi connectivity index (χ4v) is 4.33. The number of aromatic amines is 1. The van der Waals surface area contributed by atoms with Crippen LogP contribution in [0.3, 0.4) is 0 Å². The maximum absolute atomic E-state index is 12.7. The molecular formula is C24H23N5O5. The van der Waals surface area contributed by atoms with E-state index in [1.54, 1.807) is 0 Å². The average molecular weight is 461 g/mol. The Morgan fingerprint density at radius 3 is 2.32 bits per heavy atom. The first-order valence-corrected chi connectivity index (χ1v) is 11.1. The molecule has 34 heavy (non-hydrogen) atoms. The molecule has 3 aromatic rings. The standard InChI is InChI=1S/C24H23N5O5/c30-20(31)11-12-29(14-9-10-14)22(32)21-25-23(28-27-21)26-24(33)34-13-19-17-7-3-1-5-15(17)16-6-2-4-8-18(16)19/h1-8,14,19H,9-13H2,(H,30,31)(H2,25,26,27,28,33). The smallest absolute Gasteiger partial charge is 0.414 e. The normalized spacial score (nSPS) is 14.2. The summed E-state index contributed by atoms with van der Waals surface area (Å²) in [6.45, 7) is 0.232. The van der Waals surface area contributed by atoms with Gasteiger partial charge < -0.3 is 14.7 Å². The van der Waals surface area contributed by atoms with E-state index in [0.29, 0.717) is 0 Å². The number of fused-ring (bicyclic) bond motifs is 3. The van der Waals surface area contributed by atoms with Gasteiger partial charge in [0, 0.05) is 18.5 Å². The molecule has 0 saturated heterocycles. The summed E-state index contributed by atoms with van der Waals surface area (Å²) < 4.78 is 5.47. The number of carbonyl (C=O) groups excluding carboxylic acids is 2. The number of nitrogens with zero attached hydrogens (tertiary/aromatic N) is 3. The van der Waals surface area contributed by atoms with Gasteiger partial charge in [0.2, 0.25) is 5.82 Å². The number of hydrogen-bond donors (Lipinski definition) is 3. The van der Waals surface area contributed by atoms with Gasteiger partial charge in [-0.05, 0) is 35.1 Å². The summed E-state index contributed by atoms with van der Waals surface area (Å²) in [7, 11) is 0. The van der Waals surface area contributed by atoms with Gasteiger partial charge in [0.25, 0.3) is 11.9 Å². The number of carboxylic acids is 1. The maximum Gasteiger partial charge on any atom is 0.414 e. The van der Waals surface area contributed by atoms with Crippen molar-refractivity contribution >= 4 is 23.9 Å². The van der Waals surface area contributed by atoms with E-state index in [4.69, 9.17) is 9.84 Å². The Morgan fingerprint density at radius 1 is 1.06 bits per heavy atom. The molecular weight excluding hydrogens is 438 g/mol. The lowest BCUT2D eigenvalue weighted by molar-refractivity contribution is -0.137. The van der Waals surface area contributed by atoms with E-state index in [2.05, 4.69) is 32.6 Å². The zero-order chi connectivity index (χ0) is 23.7. The monoisotopic (exact) mass is 461 g/mol. The number of anilines is 1. The molecule has 1 aromatic heterocycles. The molecule has 2 aliphatic carbocycles. The second-order valence-corrected chi connectivity index (χ2v) is 8.33. The highest BCUT2D eigenvalue weighted by atomic mass is 16.5. The predicted octanol–water partition coefficient (Wildman–Crippen LogP) is 3.25. The van der Waals surface area contributed by atoms with E-state index >= 15 is 0 Å². The first kappa shape index (κ1) is 21.6. The molecule has 1 fully saturated rings. The number of amides is 2. The van der Waals surface area contributed by atoms with Crippen LogP contribution in [0, 0.1) is 0 Å². The molecule has 3 N–H and O–H groups in total. The van der Waals surface area contributed by atoms with Gasteiger partial charge in [-0.3, -0.25) is 20.0 Å². The molecule has 5 rings (SSSR count). The minimum absolute atomic E-state index is 0.00971. The van der Waals surface area contributed by atoms with Crippen LogP contribution in [0.25, 0.3) is 11.1 Å². The number of nitrogens with one attached hydrogen (secondary N) is 2. The summed E-state index contributed by atoms with van der Waals surface area (Å²) in [4.78, 5) is 41.6. The Morgan fingerprint density at radius 2 is 1.71 bits per heavy atom. The van der Waals surface area contributed by atoms with Crippen LogP contribution in [0.4, 0.5) is 10.7 Å². The van der Waals surface area contributed by atoms with E-state index in [9.17, 15) is 14.4 Å². The highest BCUT2D eigenvalue weighted by Gasteiger charge is 2.35. The first-order chi connectivity index (χ1) is 16.5. The topological polar surface area (TPSA) is 138 Å². The van der Waals surface area contributed by atoms with Crippen LogP contribution in [0.2, 0.25) is 0 Å². The van der Waals surface area contributed by atoms with Gasteiger partial charge in [0.15, 0.2) is 0 Å². The molecule has 10 heteroatoms. The third-order valence-corrected chi connectivity index (χ3v) is 6.06. The summed E-state index contributed by atoms with van der Waals surface area (Å²) >= 11 is 0. The molecule has 2 amide bonds. The summed E-state index contributed by atoms with van der Waals surface area (Å²) in [5.74, 6) is -1.66. The van der Waals surface area contributed by atoms with Crippen LogP contribution < -0.4 is 5.32 Å². The van der Waals surface area contributed by atoms with Crippen LogP contribution in [0.5, 0.6) is 0 Å². The van der Waals surface area contributed by atoms with E-state index in [0.717, 1.165) is 35.1 Å². The van der Waals surface area contributed by atoms with Crippen LogP contribution in [0.1, 0.15) is 46.9 Å². The third-order valence-electron chi connectivity index (χ3n) is 6.06. The summed E-state index contributed by atoms with van der Waals surface area (Å²) in [5, 5.41) is 17.8. The zero-order valence-electron chi connectivity index (χ0n) is 18.2. The number of rotatable bonds is 8. The number of H-pyrrole nitrogens is 1. The van der Waals surface area contributed by atoms with Crippen molar-refractivity contribution in [1.29, 1.82) is 0 Å². The minimum atomic E-state index is -0.978. The van der Waals surface area contributed by atoms with Crippen molar-refractivity contribution in [1.82, 2.24) is 20.1 Å². The predicted molar refractivity (Wildman–Crippen MR) is 121 cm³/mol. The Balaban J connectivity index is 1.21. The number of carbonyl (C=O) groups is 3. The third kappa shape index (κ3) is 4.34. The van der Waals surface area contributed by atoms with Crippen LogP contribution in [-0.4, -0.2) is 62.4 Å². The van der Waals surface area contributed by atoms with Gasteiger partial charge in [0.05, 0.1) is 6.42 Å². The fourth-order valence-electron chi connectivity index (χ4n) is 4.33. The van der Waals surface area contributed by atoms with E-state index in [1.807, 2.05) is 36.4 Å². The Kier molecular flexibility index (Phi) is 5.70. The molecule has 10 nitrogen and oxygen atoms in total. The average Bonchev–Trinajstić information content (AvgIpc) is 3.47. The van der Waals surface area contributed by atoms with Gasteiger partial charge in [-0.1, -0.05) is 48.5 Å². The number of ether oxygens (including phenoxy) is 1. The van der Waals surface area contributed by atoms with E-state index in [1.165, 1.54) is 4.90 Å². The lowest BCUT2D eigenvalue weighted by atomic mass is 9.98. The van der Waals surface area contributed by atoms with Crippen molar-refractivity contribution in [3.63, 3.8) is 0 Å². The van der Waals surface area contributed by atoms with Crippen molar-refractivity contribution in [2.45, 2.75) is 31.2 Å². The maximum atomic E-state index is 12.7. The first-order valence-electron chi connectivity index (χ1n) is 11.1. The Labute approximate surface area is 195 Å². The number of benzene rings is 2. The van der Waals surface area contributed by atoms with E-state index in [-0.39, 0.29) is 43.3 Å². The lowest BCUT2D eigenvalue weighted by Crippen LogP contribution is -2.35. The summed E-state index contributed by atoms with van der Waals surface area (Å²) in [6, 6.07) is 16.1. The fraction of sp³-hybridized carbons (Fsp3) is 0.292. The van der Waals surface area contributed by atoms with Crippen molar-refractivity contribution in [3.05, 3.63) is 65.5 Å². The number of hydrogen-bond acceptors (Lipinski definition) is 6. The van der Waals surface area contributed by atoms with Crippen molar-refractivity contribution in [3.8, 4) is 11.1 Å². The number of carboxylic acid groups (broad SMARTS) is 1.